The molecule has 1 unspecified atom stereocenters. The van der Waals surface area contributed by atoms with Crippen LogP contribution in [0, 0.1) is 17.1 Å². The molecule has 2 aromatic carbocycles. The highest BCUT2D eigenvalue weighted by Crippen LogP contribution is 2.27. The van der Waals surface area contributed by atoms with Gasteiger partial charge in [0.25, 0.3) is 0 Å². The number of hydrogen-bond acceptors (Lipinski definition) is 3. The molecule has 2 aromatic rings. The van der Waals surface area contributed by atoms with Crippen LogP contribution in [0.4, 0.5) is 4.39 Å². The molecule has 4 heteroatoms. The van der Waals surface area contributed by atoms with E-state index in [-0.39, 0.29) is 17.4 Å². The molecule has 96 valence electrons. The second kappa shape index (κ2) is 5.51. The van der Waals surface area contributed by atoms with E-state index in [9.17, 15) is 4.39 Å². The van der Waals surface area contributed by atoms with Crippen LogP contribution in [0.25, 0.3) is 0 Å². The van der Waals surface area contributed by atoms with E-state index in [4.69, 9.17) is 15.7 Å². The predicted molar refractivity (Wildman–Crippen MR) is 70.2 cm³/mol. The number of halogens is 1. The summed E-state index contributed by atoms with van der Waals surface area (Å²) >= 11 is 0. The predicted octanol–water partition coefficient (Wildman–Crippen LogP) is 3.51. The Labute approximate surface area is 111 Å². The molecule has 0 radical (unpaired) electrons. The van der Waals surface area contributed by atoms with E-state index in [0.29, 0.717) is 5.75 Å². The van der Waals surface area contributed by atoms with Gasteiger partial charge in [-0.1, -0.05) is 18.2 Å². The van der Waals surface area contributed by atoms with E-state index in [2.05, 4.69) is 0 Å². The van der Waals surface area contributed by atoms with Crippen LogP contribution in [0.15, 0.2) is 42.5 Å². The van der Waals surface area contributed by atoms with Crippen LogP contribution < -0.4 is 10.5 Å². The van der Waals surface area contributed by atoms with Crippen LogP contribution in [0.1, 0.15) is 24.1 Å². The average molecular weight is 256 g/mol. The van der Waals surface area contributed by atoms with Crippen molar-refractivity contribution in [3.63, 3.8) is 0 Å². The topological polar surface area (TPSA) is 59.0 Å². The van der Waals surface area contributed by atoms with Gasteiger partial charge in [0.15, 0.2) is 0 Å². The Balaban J connectivity index is 2.34. The zero-order valence-electron chi connectivity index (χ0n) is 10.4. The summed E-state index contributed by atoms with van der Waals surface area (Å²) in [5.41, 5.74) is 6.59. The maximum atomic E-state index is 13.4. The van der Waals surface area contributed by atoms with Gasteiger partial charge in [0.2, 0.25) is 0 Å². The lowest BCUT2D eigenvalue weighted by atomic mass is 10.1. The van der Waals surface area contributed by atoms with Gasteiger partial charge in [-0.15, -0.1) is 0 Å². The number of rotatable bonds is 3. The summed E-state index contributed by atoms with van der Waals surface area (Å²) in [6.07, 6.45) is 0. The molecule has 0 aliphatic heterocycles. The zero-order valence-corrected chi connectivity index (χ0v) is 10.4. The third-order valence-electron chi connectivity index (χ3n) is 2.70. The molecule has 2 N–H and O–H groups in total. The van der Waals surface area contributed by atoms with Crippen molar-refractivity contribution < 1.29 is 9.13 Å². The Morgan fingerprint density at radius 3 is 2.68 bits per heavy atom. The molecular weight excluding hydrogens is 243 g/mol. The Morgan fingerprint density at radius 1 is 1.26 bits per heavy atom. The summed E-state index contributed by atoms with van der Waals surface area (Å²) in [6.45, 7) is 1.86. The quantitative estimate of drug-likeness (QED) is 0.914. The molecule has 0 aromatic heterocycles. The van der Waals surface area contributed by atoms with Crippen LogP contribution in [0.3, 0.4) is 0 Å². The standard InChI is InChI=1S/C15H13FN2O/c1-10(18)11-4-2-5-12(8-11)19-15-7-3-6-14(16)13(15)9-17/h2-8,10H,18H2,1H3. The van der Waals surface area contributed by atoms with Gasteiger partial charge in [-0.2, -0.15) is 5.26 Å². The van der Waals surface area contributed by atoms with Gasteiger partial charge in [0.1, 0.15) is 28.9 Å². The molecule has 0 amide bonds. The van der Waals surface area contributed by atoms with Crippen molar-refractivity contribution in [2.45, 2.75) is 13.0 Å². The molecule has 1 atom stereocenters. The first-order valence-electron chi connectivity index (χ1n) is 5.84. The first-order chi connectivity index (χ1) is 9.11. The highest BCUT2D eigenvalue weighted by molar-refractivity contribution is 5.46. The first-order valence-corrected chi connectivity index (χ1v) is 5.84. The smallest absolute Gasteiger partial charge is 0.148 e. The van der Waals surface area contributed by atoms with Crippen molar-refractivity contribution >= 4 is 0 Å². The minimum Gasteiger partial charge on any atom is -0.456 e. The van der Waals surface area contributed by atoms with Crippen LogP contribution >= 0.6 is 0 Å². The second-order valence-corrected chi connectivity index (χ2v) is 4.19. The average Bonchev–Trinajstić information content (AvgIpc) is 2.39. The van der Waals surface area contributed by atoms with Crippen LogP contribution in [-0.2, 0) is 0 Å². The largest absolute Gasteiger partial charge is 0.456 e. The van der Waals surface area contributed by atoms with E-state index in [1.807, 2.05) is 13.0 Å². The van der Waals surface area contributed by atoms with Gasteiger partial charge < -0.3 is 10.5 Å². The summed E-state index contributed by atoms with van der Waals surface area (Å²) < 4.78 is 19.0. The fourth-order valence-corrected chi connectivity index (χ4v) is 1.69. The number of nitrogens with zero attached hydrogens (tertiary/aromatic N) is 1. The minimum absolute atomic E-state index is 0.103. The zero-order chi connectivity index (χ0) is 13.8. The summed E-state index contributed by atoms with van der Waals surface area (Å²) in [6, 6.07) is 13.2. The third kappa shape index (κ3) is 2.90. The summed E-state index contributed by atoms with van der Waals surface area (Å²) in [4.78, 5) is 0. The van der Waals surface area contributed by atoms with Crippen molar-refractivity contribution in [1.29, 1.82) is 5.26 Å². The Kier molecular flexibility index (Phi) is 3.79. The number of nitriles is 1. The lowest BCUT2D eigenvalue weighted by Crippen LogP contribution is -2.04. The molecule has 2 rings (SSSR count). The van der Waals surface area contributed by atoms with Crippen LogP contribution in [0.5, 0.6) is 11.5 Å². The fourth-order valence-electron chi connectivity index (χ4n) is 1.69. The highest BCUT2D eigenvalue weighted by atomic mass is 19.1. The Bertz CT molecular complexity index is 632. The molecule has 0 aliphatic carbocycles. The van der Waals surface area contributed by atoms with Gasteiger partial charge in [0, 0.05) is 6.04 Å². The van der Waals surface area contributed by atoms with Crippen LogP contribution in [-0.4, -0.2) is 0 Å². The maximum absolute atomic E-state index is 13.4. The third-order valence-corrected chi connectivity index (χ3v) is 2.70. The molecule has 19 heavy (non-hydrogen) atoms. The highest BCUT2D eigenvalue weighted by Gasteiger charge is 2.10. The summed E-state index contributed by atoms with van der Waals surface area (Å²) in [5.74, 6) is 0.129. The first kappa shape index (κ1) is 13.1. The summed E-state index contributed by atoms with van der Waals surface area (Å²) in [5, 5.41) is 8.93. The van der Waals surface area contributed by atoms with Gasteiger partial charge in [-0.25, -0.2) is 4.39 Å². The molecule has 0 saturated heterocycles. The molecule has 0 saturated carbocycles. The van der Waals surface area contributed by atoms with E-state index in [1.165, 1.54) is 12.1 Å². The molecule has 0 spiro atoms. The number of ether oxygens (including phenoxy) is 1. The molecule has 0 bridgehead atoms. The Hall–Kier alpha value is -2.38. The number of benzene rings is 2. The van der Waals surface area contributed by atoms with E-state index in [1.54, 1.807) is 30.3 Å². The molecule has 0 fully saturated rings. The van der Waals surface area contributed by atoms with E-state index in [0.717, 1.165) is 5.56 Å². The fraction of sp³-hybridized carbons (Fsp3) is 0.133. The van der Waals surface area contributed by atoms with Gasteiger partial charge in [-0.05, 0) is 36.8 Å². The maximum Gasteiger partial charge on any atom is 0.148 e. The number of hydrogen-bond donors (Lipinski definition) is 1. The van der Waals surface area contributed by atoms with Crippen molar-refractivity contribution in [2.75, 3.05) is 0 Å². The Morgan fingerprint density at radius 2 is 2.00 bits per heavy atom. The lowest BCUT2D eigenvalue weighted by molar-refractivity contribution is 0.473. The van der Waals surface area contributed by atoms with E-state index < -0.39 is 5.82 Å². The monoisotopic (exact) mass is 256 g/mol. The van der Waals surface area contributed by atoms with Crippen molar-refractivity contribution in [3.05, 3.63) is 59.4 Å². The molecule has 0 aliphatic rings. The van der Waals surface area contributed by atoms with Crippen molar-refractivity contribution in [1.82, 2.24) is 0 Å². The van der Waals surface area contributed by atoms with Crippen LogP contribution in [0.2, 0.25) is 0 Å². The second-order valence-electron chi connectivity index (χ2n) is 4.19. The van der Waals surface area contributed by atoms with Gasteiger partial charge in [0.05, 0.1) is 0 Å². The normalized spacial score (nSPS) is 11.7. The molecule has 0 heterocycles. The van der Waals surface area contributed by atoms with Crippen molar-refractivity contribution in [3.8, 4) is 17.6 Å². The van der Waals surface area contributed by atoms with Gasteiger partial charge in [-0.3, -0.25) is 0 Å². The minimum atomic E-state index is -0.594. The van der Waals surface area contributed by atoms with E-state index >= 15 is 0 Å². The summed E-state index contributed by atoms with van der Waals surface area (Å²) in [7, 11) is 0. The van der Waals surface area contributed by atoms with Gasteiger partial charge >= 0.3 is 0 Å². The molecule has 3 nitrogen and oxygen atoms in total. The SMILES string of the molecule is CC(N)c1cccc(Oc2cccc(F)c2C#N)c1. The number of nitrogens with two attached hydrogens (primary N) is 1. The lowest BCUT2D eigenvalue weighted by Gasteiger charge is -2.10. The van der Waals surface area contributed by atoms with Crippen molar-refractivity contribution in [2.24, 2.45) is 5.73 Å². The molecular formula is C15H13FN2O.